The Kier molecular flexibility index (Phi) is 35.2. The quantitative estimate of drug-likeness (QED) is 0.0200. The second kappa shape index (κ2) is 36.6. The molecule has 0 saturated heterocycles. The molecule has 314 valence electrons. The number of phosphoric acid groups is 1. The van der Waals surface area contributed by atoms with Gasteiger partial charge in [0, 0.05) is 12.8 Å². The van der Waals surface area contributed by atoms with Gasteiger partial charge in [-0.15, -0.1) is 0 Å². The molecule has 2 atom stereocenters. The minimum atomic E-state index is -4.64. The molecule has 0 heterocycles. The van der Waals surface area contributed by atoms with Crippen molar-refractivity contribution in [3.8, 4) is 0 Å². The van der Waals surface area contributed by atoms with Gasteiger partial charge in [-0.1, -0.05) is 127 Å². The molecule has 0 saturated carbocycles. The van der Waals surface area contributed by atoms with Crippen LogP contribution in [0.2, 0.25) is 0 Å². The molecule has 0 aliphatic rings. The molecule has 0 radical (unpaired) electrons. The molecule has 0 rings (SSSR count). The van der Waals surface area contributed by atoms with Gasteiger partial charge in [-0.3, -0.25) is 14.2 Å². The number of hydrogen-bond donors (Lipinski definition) is 0. The molecule has 1 unspecified atom stereocenters. The van der Waals surface area contributed by atoms with E-state index in [4.69, 9.17) is 18.5 Å². The van der Waals surface area contributed by atoms with Crippen LogP contribution in [0.1, 0.15) is 168 Å². The van der Waals surface area contributed by atoms with Crippen LogP contribution < -0.4 is 4.89 Å². The van der Waals surface area contributed by atoms with Crippen LogP contribution in [0.3, 0.4) is 0 Å². The molecule has 0 aromatic rings. The molecule has 0 amide bonds. The van der Waals surface area contributed by atoms with Crippen molar-refractivity contribution in [2.75, 3.05) is 47.5 Å². The fourth-order valence-electron chi connectivity index (χ4n) is 5.42. The van der Waals surface area contributed by atoms with Crippen LogP contribution in [-0.4, -0.2) is 70.0 Å². The third-order valence-electron chi connectivity index (χ3n) is 8.82. The topological polar surface area (TPSA) is 111 Å². The minimum Gasteiger partial charge on any atom is -0.756 e. The third-order valence-corrected chi connectivity index (χ3v) is 9.79. The van der Waals surface area contributed by atoms with Crippen molar-refractivity contribution in [2.24, 2.45) is 0 Å². The van der Waals surface area contributed by atoms with Crippen molar-refractivity contribution < 1.29 is 42.1 Å². The first-order chi connectivity index (χ1) is 26.0. The summed E-state index contributed by atoms with van der Waals surface area (Å²) in [5.74, 6) is -0.907. The Hall–Kier alpha value is -2.03. The van der Waals surface area contributed by atoms with E-state index in [1.165, 1.54) is 77.0 Å². The number of carbonyl (C=O) groups is 2. The molecule has 9 nitrogen and oxygen atoms in total. The molecule has 0 N–H and O–H groups in total. The Labute approximate surface area is 331 Å². The molecule has 0 aromatic heterocycles. The molecule has 54 heavy (non-hydrogen) atoms. The van der Waals surface area contributed by atoms with Crippen LogP contribution in [0.5, 0.6) is 0 Å². The first-order valence-electron chi connectivity index (χ1n) is 21.3. The summed E-state index contributed by atoms with van der Waals surface area (Å²) in [5.41, 5.74) is 0. The molecule has 0 spiro atoms. The van der Waals surface area contributed by atoms with Gasteiger partial charge in [-0.2, -0.15) is 0 Å². The lowest BCUT2D eigenvalue weighted by Gasteiger charge is -2.28. The van der Waals surface area contributed by atoms with Gasteiger partial charge >= 0.3 is 11.9 Å². The van der Waals surface area contributed by atoms with E-state index in [-0.39, 0.29) is 26.1 Å². The number of allylic oxidation sites excluding steroid dienone is 8. The van der Waals surface area contributed by atoms with Crippen molar-refractivity contribution in [1.82, 2.24) is 0 Å². The zero-order chi connectivity index (χ0) is 40.0. The van der Waals surface area contributed by atoms with E-state index in [2.05, 4.69) is 62.5 Å². The maximum absolute atomic E-state index is 12.6. The van der Waals surface area contributed by atoms with E-state index < -0.39 is 32.5 Å². The van der Waals surface area contributed by atoms with Crippen LogP contribution in [0, 0.1) is 0 Å². The van der Waals surface area contributed by atoms with Crippen molar-refractivity contribution in [3.63, 3.8) is 0 Å². The van der Waals surface area contributed by atoms with Gasteiger partial charge < -0.3 is 27.9 Å². The number of hydrogen-bond acceptors (Lipinski definition) is 8. The number of esters is 2. The lowest BCUT2D eigenvalue weighted by atomic mass is 10.1. The lowest BCUT2D eigenvalue weighted by molar-refractivity contribution is -0.870. The monoisotopic (exact) mass is 782 g/mol. The van der Waals surface area contributed by atoms with Crippen LogP contribution >= 0.6 is 7.82 Å². The molecule has 0 aliphatic heterocycles. The number of phosphoric ester groups is 1. The molecule has 0 aromatic carbocycles. The molecular weight excluding hydrogens is 701 g/mol. The summed E-state index contributed by atoms with van der Waals surface area (Å²) >= 11 is 0. The summed E-state index contributed by atoms with van der Waals surface area (Å²) in [6.45, 7) is 4.12. The number of quaternary nitrogens is 1. The summed E-state index contributed by atoms with van der Waals surface area (Å²) in [6, 6.07) is 0. The summed E-state index contributed by atoms with van der Waals surface area (Å²) in [7, 11) is 1.13. The smallest absolute Gasteiger partial charge is 0.306 e. The largest absolute Gasteiger partial charge is 0.756 e. The van der Waals surface area contributed by atoms with Gasteiger partial charge in [-0.25, -0.2) is 0 Å². The Morgan fingerprint density at radius 2 is 1.00 bits per heavy atom. The second-order valence-electron chi connectivity index (χ2n) is 15.3. The fourth-order valence-corrected chi connectivity index (χ4v) is 6.15. The van der Waals surface area contributed by atoms with Crippen molar-refractivity contribution >= 4 is 19.8 Å². The highest BCUT2D eigenvalue weighted by Gasteiger charge is 2.21. The number of ether oxygens (including phenoxy) is 2. The van der Waals surface area contributed by atoms with Gasteiger partial charge in [0.1, 0.15) is 19.8 Å². The van der Waals surface area contributed by atoms with Crippen LogP contribution in [0.15, 0.2) is 48.6 Å². The first kappa shape index (κ1) is 52.0. The fraction of sp³-hybridized carbons (Fsp3) is 0.773. The van der Waals surface area contributed by atoms with E-state index in [1.54, 1.807) is 0 Å². The van der Waals surface area contributed by atoms with Gasteiger partial charge in [0.05, 0.1) is 27.7 Å². The Bertz CT molecular complexity index is 1070. The Morgan fingerprint density at radius 1 is 0.574 bits per heavy atom. The zero-order valence-electron chi connectivity index (χ0n) is 35.2. The Balaban J connectivity index is 4.48. The van der Waals surface area contributed by atoms with E-state index >= 15 is 0 Å². The second-order valence-corrected chi connectivity index (χ2v) is 16.8. The van der Waals surface area contributed by atoms with Crippen LogP contribution in [-0.2, 0) is 32.7 Å². The molecule has 0 fully saturated rings. The predicted octanol–water partition coefficient (Wildman–Crippen LogP) is 11.3. The predicted molar refractivity (Wildman–Crippen MR) is 222 cm³/mol. The summed E-state index contributed by atoms with van der Waals surface area (Å²) in [4.78, 5) is 37.4. The SMILES string of the molecule is CCCCC/C=C/C/C=C/C/C=C/CCCCC(=O)O[C@H](COC(=O)CCCC/C=C/CCCCCCCCCCC)COP(=O)([O-])OCC[N+](C)(C)C. The molecular formula is C44H80NO8P. The highest BCUT2D eigenvalue weighted by molar-refractivity contribution is 7.45. The summed E-state index contributed by atoms with van der Waals surface area (Å²) in [6.07, 6.45) is 41.4. The first-order valence-corrected chi connectivity index (χ1v) is 22.8. The van der Waals surface area contributed by atoms with Gasteiger partial charge in [0.25, 0.3) is 7.82 Å². The third kappa shape index (κ3) is 39.7. The van der Waals surface area contributed by atoms with Crippen molar-refractivity contribution in [1.29, 1.82) is 0 Å². The summed E-state index contributed by atoms with van der Waals surface area (Å²) in [5, 5.41) is 0. The average Bonchev–Trinajstić information content (AvgIpc) is 3.12. The number of rotatable bonds is 38. The number of carbonyl (C=O) groups excluding carboxylic acids is 2. The van der Waals surface area contributed by atoms with Crippen molar-refractivity contribution in [3.05, 3.63) is 48.6 Å². The van der Waals surface area contributed by atoms with E-state index in [0.29, 0.717) is 23.9 Å². The van der Waals surface area contributed by atoms with Crippen LogP contribution in [0.4, 0.5) is 0 Å². The normalized spacial score (nSPS) is 14.1. The number of nitrogens with zero attached hydrogens (tertiary/aromatic N) is 1. The number of unbranched alkanes of at least 4 members (excludes halogenated alkanes) is 16. The molecule has 0 aliphatic carbocycles. The standard InChI is InChI=1S/C44H80NO8P/c1-6-8-10-12-14-16-18-20-22-24-26-28-30-32-34-36-43(46)50-40-42(41-52-54(48,49)51-39-38-45(3,4)5)53-44(47)37-35-33-31-29-27-25-23-21-19-17-15-13-11-9-7-2/h15,17,21,23,26-29,42H,6-14,16,18-20,22,24-25,30-41H2,1-5H3/b17-15+,23-21+,28-26+,29-27+/t42-/m1/s1. The highest BCUT2D eigenvalue weighted by Crippen LogP contribution is 2.38. The summed E-state index contributed by atoms with van der Waals surface area (Å²) < 4.78 is 33.8. The van der Waals surface area contributed by atoms with Crippen LogP contribution in [0.25, 0.3) is 0 Å². The van der Waals surface area contributed by atoms with E-state index in [0.717, 1.165) is 51.4 Å². The molecule has 10 heteroatoms. The highest BCUT2D eigenvalue weighted by atomic mass is 31.2. The number of likely N-dealkylation sites (N-methyl/N-ethyl adjacent to an activating group) is 1. The Morgan fingerprint density at radius 3 is 1.54 bits per heavy atom. The maximum Gasteiger partial charge on any atom is 0.306 e. The minimum absolute atomic E-state index is 0.0422. The van der Waals surface area contributed by atoms with Crippen molar-refractivity contribution in [2.45, 2.75) is 174 Å². The van der Waals surface area contributed by atoms with Gasteiger partial charge in [0.15, 0.2) is 6.10 Å². The van der Waals surface area contributed by atoms with E-state index in [1.807, 2.05) is 21.1 Å². The maximum atomic E-state index is 12.6. The lowest BCUT2D eigenvalue weighted by Crippen LogP contribution is -2.37. The van der Waals surface area contributed by atoms with Gasteiger partial charge in [0.2, 0.25) is 0 Å². The zero-order valence-corrected chi connectivity index (χ0v) is 36.0. The molecule has 0 bridgehead atoms. The average molecular weight is 782 g/mol. The van der Waals surface area contributed by atoms with Gasteiger partial charge in [-0.05, 0) is 77.0 Å². The van der Waals surface area contributed by atoms with E-state index in [9.17, 15) is 19.0 Å².